The Morgan fingerprint density at radius 1 is 1.06 bits per heavy atom. The zero-order valence-corrected chi connectivity index (χ0v) is 21.1. The molecule has 1 aromatic carbocycles. The zero-order chi connectivity index (χ0) is 26.1. The van der Waals surface area contributed by atoms with Gasteiger partial charge < -0.3 is 20.7 Å². The van der Waals surface area contributed by atoms with Crippen molar-refractivity contribution in [3.63, 3.8) is 0 Å². The highest BCUT2D eigenvalue weighted by Crippen LogP contribution is 2.27. The largest absolute Gasteiger partial charge is 0.467 e. The average molecular weight is 498 g/mol. The Labute approximate surface area is 211 Å². The van der Waals surface area contributed by atoms with Crippen LogP contribution in [0, 0.1) is 5.92 Å². The Hall–Kier alpha value is -3.69. The maximum atomic E-state index is 13.3. The number of ether oxygens (including phenoxy) is 1. The standard InChI is InChI=1S/C26H35N5O5/c1-4-22(32)29-20(26(35)36-3)16-17-10-12-19(13-11-17)28-25(34)23(18-8-6-5-7-9-18)30-24(33)21-14-15-27-31(21)2/h10-15,18,20,23H,4-9,16H2,1-3H3,(H,28,34)(H,29,32)(H,30,33)/t20-,23?/m1/s1. The van der Waals surface area contributed by atoms with Crippen molar-refractivity contribution in [2.45, 2.75) is 64.0 Å². The number of anilines is 1. The van der Waals surface area contributed by atoms with E-state index in [0.29, 0.717) is 11.4 Å². The van der Waals surface area contributed by atoms with Crippen LogP contribution in [0.15, 0.2) is 36.5 Å². The lowest BCUT2D eigenvalue weighted by Gasteiger charge is -2.30. The van der Waals surface area contributed by atoms with Crippen LogP contribution in [-0.2, 0) is 32.6 Å². The fraction of sp³-hybridized carbons (Fsp3) is 0.500. The van der Waals surface area contributed by atoms with Crippen molar-refractivity contribution < 1.29 is 23.9 Å². The molecule has 1 aliphatic carbocycles. The number of nitrogens with zero attached hydrogens (tertiary/aromatic N) is 2. The Bertz CT molecular complexity index is 1060. The Kier molecular flexibility index (Phi) is 9.61. The summed E-state index contributed by atoms with van der Waals surface area (Å²) in [5.41, 5.74) is 1.77. The predicted molar refractivity (Wildman–Crippen MR) is 134 cm³/mol. The number of aromatic nitrogens is 2. The van der Waals surface area contributed by atoms with Gasteiger partial charge >= 0.3 is 5.97 Å². The minimum atomic E-state index is -0.791. The number of amides is 3. The van der Waals surface area contributed by atoms with Gasteiger partial charge in [-0.05, 0) is 42.5 Å². The number of nitrogens with one attached hydrogen (secondary N) is 3. The molecule has 0 saturated heterocycles. The molecule has 1 heterocycles. The number of hydrogen-bond donors (Lipinski definition) is 3. The lowest BCUT2D eigenvalue weighted by molar-refractivity contribution is -0.145. The normalized spacial score (nSPS) is 15.4. The number of aryl methyl sites for hydroxylation is 1. The van der Waals surface area contributed by atoms with E-state index in [1.165, 1.54) is 11.8 Å². The molecule has 194 valence electrons. The number of carbonyl (C=O) groups excluding carboxylic acids is 4. The molecule has 1 aliphatic rings. The van der Waals surface area contributed by atoms with E-state index in [2.05, 4.69) is 21.0 Å². The van der Waals surface area contributed by atoms with E-state index in [9.17, 15) is 19.2 Å². The molecule has 1 saturated carbocycles. The summed E-state index contributed by atoms with van der Waals surface area (Å²) in [6.45, 7) is 1.71. The first-order chi connectivity index (χ1) is 17.3. The van der Waals surface area contributed by atoms with Crippen molar-refractivity contribution in [2.75, 3.05) is 12.4 Å². The molecule has 36 heavy (non-hydrogen) atoms. The predicted octanol–water partition coefficient (Wildman–Crippen LogP) is 2.35. The van der Waals surface area contributed by atoms with Crippen molar-refractivity contribution in [3.05, 3.63) is 47.8 Å². The second-order valence-electron chi connectivity index (χ2n) is 9.08. The summed E-state index contributed by atoms with van der Waals surface area (Å²) in [6.07, 6.45) is 7.01. The molecule has 1 fully saturated rings. The van der Waals surface area contributed by atoms with Crippen molar-refractivity contribution in [3.8, 4) is 0 Å². The molecule has 0 spiro atoms. The van der Waals surface area contributed by atoms with Gasteiger partial charge in [0.05, 0.1) is 7.11 Å². The first-order valence-corrected chi connectivity index (χ1v) is 12.4. The molecule has 2 aromatic rings. The van der Waals surface area contributed by atoms with Crippen LogP contribution in [0.2, 0.25) is 0 Å². The van der Waals surface area contributed by atoms with Gasteiger partial charge in [-0.2, -0.15) is 5.10 Å². The quantitative estimate of drug-likeness (QED) is 0.432. The lowest BCUT2D eigenvalue weighted by atomic mass is 9.83. The van der Waals surface area contributed by atoms with Crippen LogP contribution in [0.5, 0.6) is 0 Å². The van der Waals surface area contributed by atoms with Gasteiger partial charge in [0, 0.05) is 31.8 Å². The van der Waals surface area contributed by atoms with Crippen LogP contribution in [0.1, 0.15) is 61.5 Å². The molecule has 10 heteroatoms. The van der Waals surface area contributed by atoms with E-state index in [1.807, 2.05) is 0 Å². The number of carbonyl (C=O) groups is 4. The van der Waals surface area contributed by atoms with E-state index in [0.717, 1.165) is 37.7 Å². The highest BCUT2D eigenvalue weighted by atomic mass is 16.5. The Balaban J connectivity index is 1.69. The van der Waals surface area contributed by atoms with Crippen LogP contribution in [0.4, 0.5) is 5.69 Å². The number of benzene rings is 1. The van der Waals surface area contributed by atoms with Gasteiger partial charge in [-0.1, -0.05) is 38.3 Å². The molecule has 3 rings (SSSR count). The summed E-state index contributed by atoms with van der Waals surface area (Å²) < 4.78 is 6.29. The monoisotopic (exact) mass is 497 g/mol. The molecule has 0 aliphatic heterocycles. The van der Waals surface area contributed by atoms with Crippen molar-refractivity contribution in [1.82, 2.24) is 20.4 Å². The van der Waals surface area contributed by atoms with Gasteiger partial charge in [0.15, 0.2) is 0 Å². The minimum Gasteiger partial charge on any atom is -0.467 e. The fourth-order valence-electron chi connectivity index (χ4n) is 4.49. The van der Waals surface area contributed by atoms with Crippen molar-refractivity contribution >= 4 is 29.4 Å². The summed E-state index contributed by atoms with van der Waals surface area (Å²) in [5, 5.41) is 12.6. The smallest absolute Gasteiger partial charge is 0.328 e. The van der Waals surface area contributed by atoms with E-state index >= 15 is 0 Å². The molecule has 0 radical (unpaired) electrons. The highest BCUT2D eigenvalue weighted by molar-refractivity contribution is 6.00. The van der Waals surface area contributed by atoms with Crippen LogP contribution >= 0.6 is 0 Å². The molecule has 10 nitrogen and oxygen atoms in total. The maximum absolute atomic E-state index is 13.3. The number of methoxy groups -OCH3 is 1. The molecular weight excluding hydrogens is 462 g/mol. The van der Waals surface area contributed by atoms with Gasteiger partial charge in [-0.3, -0.25) is 19.1 Å². The van der Waals surface area contributed by atoms with E-state index in [-0.39, 0.29) is 36.5 Å². The topological polar surface area (TPSA) is 131 Å². The van der Waals surface area contributed by atoms with Crippen LogP contribution < -0.4 is 16.0 Å². The third-order valence-corrected chi connectivity index (χ3v) is 6.55. The second-order valence-corrected chi connectivity index (χ2v) is 9.08. The summed E-state index contributed by atoms with van der Waals surface area (Å²) in [6, 6.07) is 7.21. The Morgan fingerprint density at radius 3 is 2.33 bits per heavy atom. The van der Waals surface area contributed by atoms with Gasteiger partial charge in [0.1, 0.15) is 17.8 Å². The molecule has 3 N–H and O–H groups in total. The van der Waals surface area contributed by atoms with Crippen LogP contribution in [0.3, 0.4) is 0 Å². The Morgan fingerprint density at radius 2 is 1.75 bits per heavy atom. The summed E-state index contributed by atoms with van der Waals surface area (Å²) in [5.74, 6) is -1.31. The molecule has 2 atom stereocenters. The minimum absolute atomic E-state index is 0.0539. The van der Waals surface area contributed by atoms with E-state index in [4.69, 9.17) is 4.74 Å². The summed E-state index contributed by atoms with van der Waals surface area (Å²) >= 11 is 0. The lowest BCUT2D eigenvalue weighted by Crippen LogP contribution is -2.49. The van der Waals surface area contributed by atoms with E-state index < -0.39 is 18.1 Å². The average Bonchev–Trinajstić information content (AvgIpc) is 3.33. The third-order valence-electron chi connectivity index (χ3n) is 6.55. The molecular formula is C26H35N5O5. The third kappa shape index (κ3) is 7.16. The summed E-state index contributed by atoms with van der Waals surface area (Å²) in [7, 11) is 2.96. The van der Waals surface area contributed by atoms with Crippen molar-refractivity contribution in [1.29, 1.82) is 0 Å². The van der Waals surface area contributed by atoms with Crippen molar-refractivity contribution in [2.24, 2.45) is 13.0 Å². The molecule has 1 aromatic heterocycles. The van der Waals surface area contributed by atoms with Crippen LogP contribution in [0.25, 0.3) is 0 Å². The molecule has 1 unspecified atom stereocenters. The number of hydrogen-bond acceptors (Lipinski definition) is 6. The molecule has 3 amide bonds. The van der Waals surface area contributed by atoms with E-state index in [1.54, 1.807) is 50.5 Å². The maximum Gasteiger partial charge on any atom is 0.328 e. The molecule has 0 bridgehead atoms. The SMILES string of the molecule is CCC(=O)N[C@H](Cc1ccc(NC(=O)C(NC(=O)c2ccnn2C)C2CCCCC2)cc1)C(=O)OC. The number of esters is 1. The fourth-order valence-corrected chi connectivity index (χ4v) is 4.49. The second kappa shape index (κ2) is 12.9. The van der Waals surface area contributed by atoms with Gasteiger partial charge in [-0.25, -0.2) is 4.79 Å². The first kappa shape index (κ1) is 26.9. The van der Waals surface area contributed by atoms with Gasteiger partial charge in [0.25, 0.3) is 5.91 Å². The first-order valence-electron chi connectivity index (χ1n) is 12.4. The van der Waals surface area contributed by atoms with Gasteiger partial charge in [-0.15, -0.1) is 0 Å². The highest BCUT2D eigenvalue weighted by Gasteiger charge is 2.32. The zero-order valence-electron chi connectivity index (χ0n) is 21.1. The van der Waals surface area contributed by atoms with Crippen LogP contribution in [-0.4, -0.2) is 52.7 Å². The number of rotatable bonds is 10. The summed E-state index contributed by atoms with van der Waals surface area (Å²) in [4.78, 5) is 50.0. The van der Waals surface area contributed by atoms with Gasteiger partial charge in [0.2, 0.25) is 11.8 Å².